The Morgan fingerprint density at radius 2 is 2.03 bits per heavy atom. The Morgan fingerprint density at radius 3 is 2.76 bits per heavy atom. The maximum Gasteiger partial charge on any atom is 0.421 e. The van der Waals surface area contributed by atoms with Crippen LogP contribution in [0.15, 0.2) is 6.20 Å². The van der Waals surface area contributed by atoms with Crippen LogP contribution in [0.5, 0.6) is 0 Å². The molecule has 0 radical (unpaired) electrons. The molecule has 7 nitrogen and oxygen atoms in total. The lowest BCUT2D eigenvalue weighted by molar-refractivity contribution is -0.137. The number of ether oxygens (including phenoxy) is 1. The van der Waals surface area contributed by atoms with Gasteiger partial charge in [0, 0.05) is 17.7 Å². The zero-order valence-corrected chi connectivity index (χ0v) is 16.1. The lowest BCUT2D eigenvalue weighted by Gasteiger charge is -2.27. The highest BCUT2D eigenvalue weighted by Crippen LogP contribution is 2.39. The van der Waals surface area contributed by atoms with Gasteiger partial charge < -0.3 is 15.4 Å². The van der Waals surface area contributed by atoms with Crippen molar-refractivity contribution in [3.63, 3.8) is 0 Å². The third kappa shape index (κ3) is 3.33. The second-order valence-electron chi connectivity index (χ2n) is 8.11. The SMILES string of the molecule is Cc1nn(C2CCC2)c2c1CCC1COCC1Nc1nc(ncc1C(F)(F)F)N2. The number of halogens is 3. The van der Waals surface area contributed by atoms with E-state index >= 15 is 0 Å². The van der Waals surface area contributed by atoms with Crippen LogP contribution in [0, 0.1) is 12.8 Å². The molecular formula is C19H23F3N6O. The fourth-order valence-corrected chi connectivity index (χ4v) is 4.32. The molecular weight excluding hydrogens is 385 g/mol. The summed E-state index contributed by atoms with van der Waals surface area (Å²) in [6, 6.07) is 0.0899. The standard InChI is InChI=1S/C19H23F3N6O/c1-10-13-6-5-11-8-29-9-15(11)24-16-14(19(20,21)22)7-23-18(25-16)26-17(13)28(27-10)12-3-2-4-12/h7,11-12,15H,2-6,8-9H2,1H3,(H2,23,24,25,26). The molecule has 2 fully saturated rings. The number of hydrogen-bond acceptors (Lipinski definition) is 6. The summed E-state index contributed by atoms with van der Waals surface area (Å²) in [4.78, 5) is 8.17. The van der Waals surface area contributed by atoms with Crippen LogP contribution in [0.2, 0.25) is 0 Å². The summed E-state index contributed by atoms with van der Waals surface area (Å²) in [5.74, 6) is 0.840. The molecule has 5 rings (SSSR count). The number of rotatable bonds is 1. The van der Waals surface area contributed by atoms with Crippen LogP contribution < -0.4 is 10.6 Å². The van der Waals surface area contributed by atoms with Gasteiger partial charge in [0.25, 0.3) is 0 Å². The molecule has 2 aromatic rings. The molecule has 4 heterocycles. The summed E-state index contributed by atoms with van der Waals surface area (Å²) in [5.41, 5.74) is 1.15. The number of anilines is 3. The normalized spacial score (nSPS) is 24.6. The summed E-state index contributed by atoms with van der Waals surface area (Å²) >= 11 is 0. The second kappa shape index (κ2) is 6.86. The summed E-state index contributed by atoms with van der Waals surface area (Å²) in [7, 11) is 0. The number of aromatic nitrogens is 4. The van der Waals surface area contributed by atoms with Gasteiger partial charge in [0.1, 0.15) is 17.2 Å². The van der Waals surface area contributed by atoms with Crippen LogP contribution >= 0.6 is 0 Å². The highest BCUT2D eigenvalue weighted by molar-refractivity contribution is 5.59. The van der Waals surface area contributed by atoms with E-state index in [0.717, 1.165) is 55.4 Å². The minimum absolute atomic E-state index is 0.104. The van der Waals surface area contributed by atoms with E-state index in [1.165, 1.54) is 0 Å². The summed E-state index contributed by atoms with van der Waals surface area (Å²) in [5, 5.41) is 10.9. The lowest BCUT2D eigenvalue weighted by Crippen LogP contribution is -2.30. The number of aryl methyl sites for hydroxylation is 1. The molecule has 2 bridgehead atoms. The molecule has 2 aliphatic heterocycles. The van der Waals surface area contributed by atoms with E-state index in [4.69, 9.17) is 9.84 Å². The maximum atomic E-state index is 13.5. The molecule has 1 saturated heterocycles. The highest BCUT2D eigenvalue weighted by Gasteiger charge is 2.38. The zero-order chi connectivity index (χ0) is 20.2. The topological polar surface area (TPSA) is 76.9 Å². The molecule has 2 aromatic heterocycles. The molecule has 156 valence electrons. The van der Waals surface area contributed by atoms with Crippen molar-refractivity contribution in [3.05, 3.63) is 23.0 Å². The molecule has 0 amide bonds. The van der Waals surface area contributed by atoms with Crippen molar-refractivity contribution in [2.45, 2.75) is 57.3 Å². The van der Waals surface area contributed by atoms with E-state index in [2.05, 4.69) is 20.6 Å². The first-order valence-electron chi connectivity index (χ1n) is 10.0. The molecule has 1 aliphatic carbocycles. The predicted molar refractivity (Wildman–Crippen MR) is 100 cm³/mol. The van der Waals surface area contributed by atoms with Crippen molar-refractivity contribution >= 4 is 17.6 Å². The quantitative estimate of drug-likeness (QED) is 0.747. The summed E-state index contributed by atoms with van der Waals surface area (Å²) in [6.45, 7) is 2.87. The number of fused-ring (bicyclic) bond motifs is 4. The Labute approximate surface area is 166 Å². The van der Waals surface area contributed by atoms with Crippen LogP contribution in [-0.4, -0.2) is 39.0 Å². The fraction of sp³-hybridized carbons (Fsp3) is 0.632. The molecule has 10 heteroatoms. The average molecular weight is 408 g/mol. The van der Waals surface area contributed by atoms with Gasteiger partial charge in [-0.2, -0.15) is 23.3 Å². The van der Waals surface area contributed by atoms with Gasteiger partial charge in [0.15, 0.2) is 0 Å². The van der Waals surface area contributed by atoms with E-state index in [1.807, 2.05) is 11.6 Å². The Morgan fingerprint density at radius 1 is 1.21 bits per heavy atom. The molecule has 1 saturated carbocycles. The van der Waals surface area contributed by atoms with Crippen LogP contribution in [0.1, 0.15) is 48.5 Å². The molecule has 0 aromatic carbocycles. The first kappa shape index (κ1) is 18.7. The third-order valence-corrected chi connectivity index (χ3v) is 6.24. The Hall–Kier alpha value is -2.36. The van der Waals surface area contributed by atoms with Gasteiger partial charge in [-0.3, -0.25) is 0 Å². The smallest absolute Gasteiger partial charge is 0.379 e. The van der Waals surface area contributed by atoms with E-state index in [1.54, 1.807) is 0 Å². The molecule has 2 atom stereocenters. The predicted octanol–water partition coefficient (Wildman–Crippen LogP) is 3.84. The average Bonchev–Trinajstić information content (AvgIpc) is 3.15. The van der Waals surface area contributed by atoms with E-state index in [0.29, 0.717) is 19.3 Å². The number of alkyl halides is 3. The third-order valence-electron chi connectivity index (χ3n) is 6.24. The van der Waals surface area contributed by atoms with E-state index in [9.17, 15) is 13.2 Å². The van der Waals surface area contributed by atoms with Crippen LogP contribution in [0.25, 0.3) is 0 Å². The molecule has 29 heavy (non-hydrogen) atoms. The molecule has 3 aliphatic rings. The number of hydrogen-bond donors (Lipinski definition) is 2. The number of nitrogens with zero attached hydrogens (tertiary/aromatic N) is 4. The van der Waals surface area contributed by atoms with Crippen molar-refractivity contribution in [1.82, 2.24) is 19.7 Å². The molecule has 2 N–H and O–H groups in total. The van der Waals surface area contributed by atoms with E-state index in [-0.39, 0.29) is 23.7 Å². The first-order valence-corrected chi connectivity index (χ1v) is 10.0. The van der Waals surface area contributed by atoms with Gasteiger partial charge in [-0.15, -0.1) is 0 Å². The zero-order valence-electron chi connectivity index (χ0n) is 16.1. The van der Waals surface area contributed by atoms with Gasteiger partial charge in [0.05, 0.1) is 31.0 Å². The monoisotopic (exact) mass is 408 g/mol. The molecule has 0 spiro atoms. The summed E-state index contributed by atoms with van der Waals surface area (Å²) < 4.78 is 48.1. The minimum Gasteiger partial charge on any atom is -0.379 e. The molecule has 2 unspecified atom stereocenters. The fourth-order valence-electron chi connectivity index (χ4n) is 4.32. The van der Waals surface area contributed by atoms with Gasteiger partial charge in [-0.25, -0.2) is 9.67 Å². The first-order chi connectivity index (χ1) is 13.9. The Kier molecular flexibility index (Phi) is 4.41. The van der Waals surface area contributed by atoms with Crippen molar-refractivity contribution in [3.8, 4) is 0 Å². The number of nitrogens with one attached hydrogen (secondary N) is 2. The second-order valence-corrected chi connectivity index (χ2v) is 8.11. The Bertz CT molecular complexity index is 923. The summed E-state index contributed by atoms with van der Waals surface area (Å²) in [6.07, 6.45) is 1.14. The maximum absolute atomic E-state index is 13.5. The van der Waals surface area contributed by atoms with Gasteiger partial charge in [-0.05, 0) is 39.0 Å². The van der Waals surface area contributed by atoms with Gasteiger partial charge >= 0.3 is 6.18 Å². The van der Waals surface area contributed by atoms with Crippen molar-refractivity contribution in [2.75, 3.05) is 23.8 Å². The van der Waals surface area contributed by atoms with Gasteiger partial charge in [-0.1, -0.05) is 0 Å². The van der Waals surface area contributed by atoms with Crippen LogP contribution in [-0.2, 0) is 17.3 Å². The van der Waals surface area contributed by atoms with Crippen LogP contribution in [0.3, 0.4) is 0 Å². The Balaban J connectivity index is 1.61. The largest absolute Gasteiger partial charge is 0.421 e. The van der Waals surface area contributed by atoms with Gasteiger partial charge in [0.2, 0.25) is 5.95 Å². The minimum atomic E-state index is -4.54. The highest BCUT2D eigenvalue weighted by atomic mass is 19.4. The van der Waals surface area contributed by atoms with Crippen molar-refractivity contribution in [2.24, 2.45) is 5.92 Å². The van der Waals surface area contributed by atoms with Crippen molar-refractivity contribution < 1.29 is 17.9 Å². The van der Waals surface area contributed by atoms with Crippen molar-refractivity contribution in [1.29, 1.82) is 0 Å². The van der Waals surface area contributed by atoms with Crippen LogP contribution in [0.4, 0.5) is 30.8 Å². The lowest BCUT2D eigenvalue weighted by atomic mass is 9.93. The van der Waals surface area contributed by atoms with E-state index < -0.39 is 11.7 Å².